The second-order valence-corrected chi connectivity index (χ2v) is 9.44. The molecule has 1 amide bonds. The molecule has 0 radical (unpaired) electrons. The third-order valence-corrected chi connectivity index (χ3v) is 6.64. The molecule has 1 atom stereocenters. The Hall–Kier alpha value is -4.33. The van der Waals surface area contributed by atoms with Crippen molar-refractivity contribution in [2.75, 3.05) is 19.8 Å². The van der Waals surface area contributed by atoms with E-state index in [1.807, 2.05) is 26.0 Å². The van der Waals surface area contributed by atoms with Crippen molar-refractivity contribution in [1.29, 1.82) is 0 Å². The third-order valence-electron chi connectivity index (χ3n) is 6.64. The zero-order valence-corrected chi connectivity index (χ0v) is 23.3. The lowest BCUT2D eigenvalue weighted by atomic mass is 9.94. The lowest BCUT2D eigenvalue weighted by molar-refractivity contribution is -0.140. The van der Waals surface area contributed by atoms with E-state index in [-0.39, 0.29) is 17.9 Å². The summed E-state index contributed by atoms with van der Waals surface area (Å²) in [6.45, 7) is 7.52. The smallest absolute Gasteiger partial charge is 0.295 e. The average Bonchev–Trinajstić information content (AvgIpc) is 3.22. The number of aromatic nitrogens is 1. The van der Waals surface area contributed by atoms with Crippen LogP contribution < -0.4 is 14.2 Å². The first-order valence-corrected chi connectivity index (χ1v) is 13.8. The minimum absolute atomic E-state index is 0.0112. The lowest BCUT2D eigenvalue weighted by Gasteiger charge is -2.26. The minimum atomic E-state index is -0.847. The number of ketones is 1. The van der Waals surface area contributed by atoms with Crippen molar-refractivity contribution in [2.24, 2.45) is 0 Å². The summed E-state index contributed by atoms with van der Waals surface area (Å²) in [5.74, 6) is 0.0562. The molecule has 2 heterocycles. The number of nitrogens with zero attached hydrogens (tertiary/aromatic N) is 2. The van der Waals surface area contributed by atoms with Crippen molar-refractivity contribution in [2.45, 2.75) is 52.6 Å². The average molecular weight is 545 g/mol. The fourth-order valence-electron chi connectivity index (χ4n) is 4.73. The highest BCUT2D eigenvalue weighted by Crippen LogP contribution is 2.43. The van der Waals surface area contributed by atoms with Crippen LogP contribution in [0.3, 0.4) is 0 Å². The maximum atomic E-state index is 13.4. The Kier molecular flexibility index (Phi) is 9.78. The number of carbonyl (C=O) groups excluding carboxylic acids is 2. The van der Waals surface area contributed by atoms with Gasteiger partial charge in [-0.1, -0.05) is 31.9 Å². The number of aliphatic hydroxyl groups excluding tert-OH is 1. The van der Waals surface area contributed by atoms with Crippen molar-refractivity contribution in [1.82, 2.24) is 9.88 Å². The predicted octanol–water partition coefficient (Wildman–Crippen LogP) is 6.07. The summed E-state index contributed by atoms with van der Waals surface area (Å²) in [4.78, 5) is 32.5. The lowest BCUT2D eigenvalue weighted by Crippen LogP contribution is -2.29. The van der Waals surface area contributed by atoms with Gasteiger partial charge in [0.05, 0.1) is 31.4 Å². The summed E-state index contributed by atoms with van der Waals surface area (Å²) in [6, 6.07) is 15.0. The molecule has 4 rings (SSSR count). The van der Waals surface area contributed by atoms with Gasteiger partial charge < -0.3 is 24.2 Å². The van der Waals surface area contributed by atoms with Gasteiger partial charge in [0, 0.05) is 24.5 Å². The van der Waals surface area contributed by atoms with Crippen LogP contribution in [0.1, 0.15) is 62.8 Å². The number of unbranched alkanes of at least 4 members (excludes halogenated alkanes) is 2. The second kappa shape index (κ2) is 13.6. The van der Waals surface area contributed by atoms with Crippen LogP contribution in [-0.2, 0) is 16.1 Å². The SMILES string of the molecule is CCCCCOc1ccc(C2C(=C(O)c3ccc(OCC)cc3)C(=O)C(=O)N2Cc2cccnc2)cc1OCC. The molecular formula is C32H36N2O6. The van der Waals surface area contributed by atoms with E-state index in [4.69, 9.17) is 14.2 Å². The van der Waals surface area contributed by atoms with Gasteiger partial charge in [-0.25, -0.2) is 0 Å². The highest BCUT2D eigenvalue weighted by molar-refractivity contribution is 6.46. The first kappa shape index (κ1) is 28.7. The van der Waals surface area contributed by atoms with Crippen LogP contribution >= 0.6 is 0 Å². The first-order valence-electron chi connectivity index (χ1n) is 13.8. The number of hydrogen-bond acceptors (Lipinski definition) is 7. The zero-order valence-electron chi connectivity index (χ0n) is 23.3. The zero-order chi connectivity index (χ0) is 28.5. The van der Waals surface area contributed by atoms with Crippen LogP contribution in [0.5, 0.6) is 17.2 Å². The Morgan fingerprint density at radius 1 is 0.925 bits per heavy atom. The molecule has 210 valence electrons. The summed E-state index contributed by atoms with van der Waals surface area (Å²) in [5.41, 5.74) is 1.81. The molecular weight excluding hydrogens is 508 g/mol. The molecule has 40 heavy (non-hydrogen) atoms. The summed E-state index contributed by atoms with van der Waals surface area (Å²) in [7, 11) is 0. The van der Waals surface area contributed by atoms with Gasteiger partial charge in [-0.05, 0) is 73.9 Å². The molecule has 1 saturated heterocycles. The fourth-order valence-corrected chi connectivity index (χ4v) is 4.73. The van der Waals surface area contributed by atoms with E-state index in [1.165, 1.54) is 4.90 Å². The molecule has 0 saturated carbocycles. The monoisotopic (exact) mass is 544 g/mol. The summed E-state index contributed by atoms with van der Waals surface area (Å²) < 4.78 is 17.4. The number of benzene rings is 2. The Bertz CT molecular complexity index is 1340. The summed E-state index contributed by atoms with van der Waals surface area (Å²) in [6.07, 6.45) is 6.38. The number of amides is 1. The van der Waals surface area contributed by atoms with E-state index in [0.29, 0.717) is 48.2 Å². The molecule has 2 aromatic carbocycles. The Morgan fingerprint density at radius 2 is 1.70 bits per heavy atom. The molecule has 3 aromatic rings. The number of aliphatic hydroxyl groups is 1. The maximum absolute atomic E-state index is 13.4. The molecule has 1 aliphatic rings. The maximum Gasteiger partial charge on any atom is 0.295 e. The predicted molar refractivity (Wildman–Crippen MR) is 152 cm³/mol. The summed E-state index contributed by atoms with van der Waals surface area (Å²) >= 11 is 0. The van der Waals surface area contributed by atoms with E-state index in [9.17, 15) is 14.7 Å². The van der Waals surface area contributed by atoms with Gasteiger partial charge in [0.1, 0.15) is 11.5 Å². The number of likely N-dealkylation sites (tertiary alicyclic amines) is 1. The molecule has 1 N–H and O–H groups in total. The Labute approximate surface area is 235 Å². The molecule has 0 bridgehead atoms. The topological polar surface area (TPSA) is 98.2 Å². The Balaban J connectivity index is 1.79. The number of ether oxygens (including phenoxy) is 3. The number of Topliss-reactive ketones (excluding diaryl/α,β-unsaturated/α-hetero) is 1. The van der Waals surface area contributed by atoms with Gasteiger partial charge in [0.25, 0.3) is 11.7 Å². The van der Waals surface area contributed by atoms with E-state index in [2.05, 4.69) is 11.9 Å². The van der Waals surface area contributed by atoms with E-state index >= 15 is 0 Å². The van der Waals surface area contributed by atoms with Crippen LogP contribution in [0.25, 0.3) is 5.76 Å². The third kappa shape index (κ3) is 6.45. The van der Waals surface area contributed by atoms with E-state index in [1.54, 1.807) is 54.9 Å². The molecule has 1 unspecified atom stereocenters. The van der Waals surface area contributed by atoms with Crippen molar-refractivity contribution < 1.29 is 28.9 Å². The van der Waals surface area contributed by atoms with Crippen LogP contribution in [0, 0.1) is 0 Å². The van der Waals surface area contributed by atoms with Crippen molar-refractivity contribution >= 4 is 17.4 Å². The van der Waals surface area contributed by atoms with Crippen LogP contribution in [0.2, 0.25) is 0 Å². The quantitative estimate of drug-likeness (QED) is 0.121. The van der Waals surface area contributed by atoms with Crippen LogP contribution in [0.4, 0.5) is 0 Å². The molecule has 1 fully saturated rings. The van der Waals surface area contributed by atoms with Gasteiger partial charge in [-0.3, -0.25) is 14.6 Å². The summed E-state index contributed by atoms with van der Waals surface area (Å²) in [5, 5.41) is 11.4. The first-order chi connectivity index (χ1) is 19.5. The number of hydrogen-bond donors (Lipinski definition) is 1. The fraction of sp³-hybridized carbons (Fsp3) is 0.344. The molecule has 8 nitrogen and oxygen atoms in total. The van der Waals surface area contributed by atoms with Gasteiger partial charge in [-0.15, -0.1) is 0 Å². The highest BCUT2D eigenvalue weighted by Gasteiger charge is 2.46. The van der Waals surface area contributed by atoms with Gasteiger partial charge in [0.2, 0.25) is 0 Å². The second-order valence-electron chi connectivity index (χ2n) is 9.44. The highest BCUT2D eigenvalue weighted by atomic mass is 16.5. The van der Waals surface area contributed by atoms with Gasteiger partial charge in [-0.2, -0.15) is 0 Å². The van der Waals surface area contributed by atoms with E-state index < -0.39 is 17.7 Å². The van der Waals surface area contributed by atoms with Crippen molar-refractivity contribution in [3.8, 4) is 17.2 Å². The number of rotatable bonds is 13. The largest absolute Gasteiger partial charge is 0.507 e. The molecule has 8 heteroatoms. The minimum Gasteiger partial charge on any atom is -0.507 e. The van der Waals surface area contributed by atoms with Gasteiger partial charge >= 0.3 is 0 Å². The van der Waals surface area contributed by atoms with Crippen molar-refractivity contribution in [3.05, 3.63) is 89.3 Å². The molecule has 0 spiro atoms. The van der Waals surface area contributed by atoms with Crippen LogP contribution in [0.15, 0.2) is 72.6 Å². The van der Waals surface area contributed by atoms with Gasteiger partial charge in [0.15, 0.2) is 11.5 Å². The van der Waals surface area contributed by atoms with E-state index in [0.717, 1.165) is 24.8 Å². The Morgan fingerprint density at radius 3 is 2.38 bits per heavy atom. The number of pyridine rings is 1. The number of carbonyl (C=O) groups is 2. The standard InChI is InChI=1S/C32H36N2O6/c1-4-7-8-18-40-26-16-13-24(19-27(26)39-6-3)29-28(30(35)23-11-14-25(15-12-23)38-5-2)31(36)32(37)34(29)21-22-10-9-17-33-20-22/h9-17,19-20,29,35H,4-8,18,21H2,1-3H3. The van der Waals surface area contributed by atoms with Crippen molar-refractivity contribution in [3.63, 3.8) is 0 Å². The molecule has 1 aliphatic heterocycles. The molecule has 1 aromatic heterocycles. The van der Waals surface area contributed by atoms with Crippen LogP contribution in [-0.4, -0.2) is 46.5 Å². The normalized spacial score (nSPS) is 16.3. The molecule has 0 aliphatic carbocycles.